The van der Waals surface area contributed by atoms with Crippen molar-refractivity contribution in [3.05, 3.63) is 12.7 Å². The van der Waals surface area contributed by atoms with Gasteiger partial charge in [-0.15, -0.1) is 0 Å². The molecule has 1 amide bonds. The van der Waals surface area contributed by atoms with Gasteiger partial charge in [0.2, 0.25) is 6.41 Å². The third kappa shape index (κ3) is 2.18. The fourth-order valence-electron chi connectivity index (χ4n) is 2.41. The van der Waals surface area contributed by atoms with Crippen molar-refractivity contribution in [3.63, 3.8) is 0 Å². The van der Waals surface area contributed by atoms with Crippen LogP contribution >= 0.6 is 0 Å². The summed E-state index contributed by atoms with van der Waals surface area (Å²) in [6.45, 7) is 0.165. The Morgan fingerprint density at radius 1 is 1.48 bits per heavy atom. The fourth-order valence-corrected chi connectivity index (χ4v) is 2.41. The van der Waals surface area contributed by atoms with Crippen molar-refractivity contribution in [3.8, 4) is 0 Å². The molecular weight excluding hydrogens is 278 g/mol. The summed E-state index contributed by atoms with van der Waals surface area (Å²) in [6, 6.07) is -0.683. The first-order valence-electron chi connectivity index (χ1n) is 6.32. The molecule has 0 bridgehead atoms. The van der Waals surface area contributed by atoms with E-state index in [1.54, 1.807) is 4.57 Å². The molecule has 0 radical (unpaired) electrons. The second-order valence-corrected chi connectivity index (χ2v) is 4.74. The monoisotopic (exact) mass is 293 g/mol. The molecule has 10 heteroatoms. The highest BCUT2D eigenvalue weighted by molar-refractivity contribution is 5.81. The summed E-state index contributed by atoms with van der Waals surface area (Å²) in [5.41, 5.74) is 12.6. The number of nitrogens with zero attached hydrogens (tertiary/aromatic N) is 4. The molecule has 2 aromatic rings. The second kappa shape index (κ2) is 5.24. The van der Waals surface area contributed by atoms with Crippen LogP contribution < -0.4 is 16.8 Å². The molecule has 0 saturated carbocycles. The van der Waals surface area contributed by atoms with Gasteiger partial charge in [-0.3, -0.25) is 9.36 Å². The van der Waals surface area contributed by atoms with E-state index < -0.39 is 24.5 Å². The van der Waals surface area contributed by atoms with E-state index in [2.05, 4.69) is 20.3 Å². The van der Waals surface area contributed by atoms with Crippen LogP contribution in [0.5, 0.6) is 0 Å². The van der Waals surface area contributed by atoms with Gasteiger partial charge in [-0.25, -0.2) is 15.0 Å². The minimum absolute atomic E-state index is 0.165. The van der Waals surface area contributed by atoms with E-state index in [0.717, 1.165) is 0 Å². The largest absolute Gasteiger partial charge is 0.389 e. The van der Waals surface area contributed by atoms with E-state index >= 15 is 0 Å². The highest BCUT2D eigenvalue weighted by Gasteiger charge is 2.42. The van der Waals surface area contributed by atoms with Crippen molar-refractivity contribution in [2.24, 2.45) is 5.73 Å². The lowest BCUT2D eigenvalue weighted by atomic mass is 10.1. The summed E-state index contributed by atoms with van der Waals surface area (Å²) in [5, 5.41) is 12.5. The van der Waals surface area contributed by atoms with Crippen molar-refractivity contribution in [1.29, 1.82) is 0 Å². The number of aromatic nitrogens is 4. The molecule has 1 aliphatic heterocycles. The molecule has 0 unspecified atom stereocenters. The van der Waals surface area contributed by atoms with Crippen LogP contribution in [0.15, 0.2) is 12.7 Å². The van der Waals surface area contributed by atoms with Crippen LogP contribution in [0.1, 0.15) is 6.23 Å². The summed E-state index contributed by atoms with van der Waals surface area (Å²) in [5.74, 6) is 0.255. The van der Waals surface area contributed by atoms with Crippen LogP contribution in [-0.2, 0) is 9.53 Å². The summed E-state index contributed by atoms with van der Waals surface area (Å²) in [4.78, 5) is 22.5. The van der Waals surface area contributed by atoms with E-state index in [9.17, 15) is 9.90 Å². The number of aliphatic hydroxyl groups excluding tert-OH is 1. The second-order valence-electron chi connectivity index (χ2n) is 4.74. The van der Waals surface area contributed by atoms with Gasteiger partial charge in [-0.05, 0) is 0 Å². The molecule has 0 spiro atoms. The zero-order valence-corrected chi connectivity index (χ0v) is 11.0. The van der Waals surface area contributed by atoms with E-state index in [1.165, 1.54) is 12.7 Å². The number of nitrogens with one attached hydrogen (secondary N) is 1. The molecule has 0 aliphatic carbocycles. The van der Waals surface area contributed by atoms with Crippen molar-refractivity contribution in [2.45, 2.75) is 24.5 Å². The van der Waals surface area contributed by atoms with Crippen LogP contribution in [-0.4, -0.2) is 55.8 Å². The molecule has 112 valence electrons. The molecule has 1 aliphatic rings. The molecule has 0 aromatic carbocycles. The summed E-state index contributed by atoms with van der Waals surface area (Å²) in [6.07, 6.45) is 1.17. The molecular formula is C11H15N7O3. The third-order valence-electron chi connectivity index (χ3n) is 3.48. The van der Waals surface area contributed by atoms with E-state index in [0.29, 0.717) is 17.6 Å². The smallest absolute Gasteiger partial charge is 0.207 e. The maximum atomic E-state index is 10.3. The standard InChI is InChI=1S/C11H15N7O3/c12-6-8(20)5(1-14-4-19)21-11(6)18-3-17-7-9(13)15-2-16-10(7)18/h2-6,8,11,20H,1,12H2,(H,14,19)(H2,13,15,16)/t5-,6-,8-,11-/m1/s1. The first kappa shape index (κ1) is 13.7. The Bertz CT molecular complexity index is 660. The van der Waals surface area contributed by atoms with Gasteiger partial charge in [-0.2, -0.15) is 0 Å². The molecule has 21 heavy (non-hydrogen) atoms. The number of anilines is 1. The Morgan fingerprint density at radius 3 is 3.05 bits per heavy atom. The van der Waals surface area contributed by atoms with Gasteiger partial charge in [0.05, 0.1) is 12.4 Å². The number of carbonyl (C=O) groups excluding carboxylic acids is 1. The van der Waals surface area contributed by atoms with E-state index in [4.69, 9.17) is 16.2 Å². The minimum Gasteiger partial charge on any atom is -0.389 e. The Kier molecular flexibility index (Phi) is 3.41. The van der Waals surface area contributed by atoms with Crippen LogP contribution in [0.3, 0.4) is 0 Å². The number of fused-ring (bicyclic) bond motifs is 1. The Labute approximate surface area is 119 Å². The van der Waals surface area contributed by atoms with Gasteiger partial charge in [0.25, 0.3) is 0 Å². The molecule has 6 N–H and O–H groups in total. The van der Waals surface area contributed by atoms with Gasteiger partial charge < -0.3 is 26.6 Å². The molecule has 3 heterocycles. The number of hydrogen-bond acceptors (Lipinski definition) is 8. The number of hydrogen-bond donors (Lipinski definition) is 4. The lowest BCUT2D eigenvalue weighted by Crippen LogP contribution is -2.41. The van der Waals surface area contributed by atoms with Crippen molar-refractivity contribution >= 4 is 23.4 Å². The molecule has 1 saturated heterocycles. The van der Waals surface area contributed by atoms with E-state index in [1.807, 2.05) is 0 Å². The SMILES string of the molecule is Nc1ncnc2c1ncn2[C@@H]1O[C@H](CNC=O)[C@@H](O)[C@H]1N. The maximum absolute atomic E-state index is 10.3. The summed E-state index contributed by atoms with van der Waals surface area (Å²) >= 11 is 0. The van der Waals surface area contributed by atoms with Gasteiger partial charge in [0, 0.05) is 6.54 Å². The predicted molar refractivity (Wildman–Crippen MR) is 71.7 cm³/mol. The lowest BCUT2D eigenvalue weighted by Gasteiger charge is -2.17. The average Bonchev–Trinajstić information content (AvgIpc) is 3.02. The number of rotatable bonds is 4. The first-order valence-corrected chi connectivity index (χ1v) is 6.32. The minimum atomic E-state index is -0.918. The zero-order chi connectivity index (χ0) is 15.0. The van der Waals surface area contributed by atoms with Gasteiger partial charge in [-0.1, -0.05) is 0 Å². The van der Waals surface area contributed by atoms with Gasteiger partial charge >= 0.3 is 0 Å². The maximum Gasteiger partial charge on any atom is 0.207 e. The van der Waals surface area contributed by atoms with Crippen LogP contribution in [0, 0.1) is 0 Å². The summed E-state index contributed by atoms with van der Waals surface area (Å²) in [7, 11) is 0. The topological polar surface area (TPSA) is 154 Å². The number of ether oxygens (including phenoxy) is 1. The fraction of sp³-hybridized carbons (Fsp3) is 0.455. The van der Waals surface area contributed by atoms with Crippen LogP contribution in [0.2, 0.25) is 0 Å². The first-order chi connectivity index (χ1) is 10.1. The Balaban J connectivity index is 1.92. The van der Waals surface area contributed by atoms with Crippen LogP contribution in [0.4, 0.5) is 5.82 Å². The number of aliphatic hydroxyl groups is 1. The lowest BCUT2D eigenvalue weighted by molar-refractivity contribution is -0.110. The number of imidazole rings is 1. The van der Waals surface area contributed by atoms with Crippen molar-refractivity contribution < 1.29 is 14.6 Å². The Hall–Kier alpha value is -2.30. The third-order valence-corrected chi connectivity index (χ3v) is 3.48. The summed E-state index contributed by atoms with van der Waals surface area (Å²) < 4.78 is 7.31. The highest BCUT2D eigenvalue weighted by atomic mass is 16.5. The number of amides is 1. The molecule has 1 fully saturated rings. The van der Waals surface area contributed by atoms with Gasteiger partial charge in [0.1, 0.15) is 24.1 Å². The van der Waals surface area contributed by atoms with Crippen LogP contribution in [0.25, 0.3) is 11.2 Å². The van der Waals surface area contributed by atoms with Crippen molar-refractivity contribution in [1.82, 2.24) is 24.8 Å². The number of nitrogen functional groups attached to an aromatic ring is 1. The average molecular weight is 293 g/mol. The van der Waals surface area contributed by atoms with E-state index in [-0.39, 0.29) is 12.4 Å². The predicted octanol–water partition coefficient (Wildman–Crippen LogP) is -2.26. The Morgan fingerprint density at radius 2 is 2.29 bits per heavy atom. The molecule has 3 rings (SSSR count). The molecule has 10 nitrogen and oxygen atoms in total. The zero-order valence-electron chi connectivity index (χ0n) is 11.0. The van der Waals surface area contributed by atoms with Gasteiger partial charge in [0.15, 0.2) is 17.7 Å². The normalized spacial score (nSPS) is 28.9. The number of carbonyl (C=O) groups is 1. The molecule has 4 atom stereocenters. The molecule has 2 aromatic heterocycles. The highest BCUT2D eigenvalue weighted by Crippen LogP contribution is 2.30. The van der Waals surface area contributed by atoms with Crippen molar-refractivity contribution in [2.75, 3.05) is 12.3 Å². The quantitative estimate of drug-likeness (QED) is 0.460. The number of nitrogens with two attached hydrogens (primary N) is 2.